The Morgan fingerprint density at radius 1 is 1.19 bits per heavy atom. The van der Waals surface area contributed by atoms with Gasteiger partial charge in [-0.3, -0.25) is 14.5 Å². The second-order valence-corrected chi connectivity index (χ2v) is 10.1. The van der Waals surface area contributed by atoms with Crippen molar-refractivity contribution in [1.82, 2.24) is 20.1 Å². The number of amides is 4. The number of carbonyl (C=O) groups excluding carboxylic acids is 3. The van der Waals surface area contributed by atoms with E-state index in [-0.39, 0.29) is 30.3 Å². The number of para-hydroxylation sites is 1. The van der Waals surface area contributed by atoms with Crippen LogP contribution in [-0.2, 0) is 9.59 Å². The number of imide groups is 1. The van der Waals surface area contributed by atoms with Crippen LogP contribution in [-0.4, -0.2) is 51.3 Å². The monoisotopic (exact) mass is 440 g/mol. The van der Waals surface area contributed by atoms with E-state index in [1.165, 1.54) is 0 Å². The molecule has 5 rings (SSSR count). The molecule has 3 atom stereocenters. The summed E-state index contributed by atoms with van der Waals surface area (Å²) in [5.41, 5.74) is 0.118. The van der Waals surface area contributed by atoms with Crippen LogP contribution in [0.4, 0.5) is 4.79 Å². The lowest BCUT2D eigenvalue weighted by atomic mass is 9.73. The predicted molar refractivity (Wildman–Crippen MR) is 119 cm³/mol. The number of nitrogens with zero attached hydrogens (tertiary/aromatic N) is 3. The van der Waals surface area contributed by atoms with Gasteiger partial charge in [-0.1, -0.05) is 31.9 Å². The molecule has 1 spiro atoms. The molecule has 0 bridgehead atoms. The van der Waals surface area contributed by atoms with Crippen molar-refractivity contribution in [3.63, 3.8) is 0 Å². The van der Waals surface area contributed by atoms with Gasteiger partial charge in [0.15, 0.2) is 0 Å². The number of fused-ring (bicyclic) bond motifs is 1. The van der Waals surface area contributed by atoms with Crippen molar-refractivity contribution in [2.45, 2.75) is 63.5 Å². The molecule has 2 aliphatic heterocycles. The third-order valence-corrected chi connectivity index (χ3v) is 8.35. The molecule has 4 amide bonds. The molecule has 1 aromatic carbocycles. The molecule has 1 aliphatic carbocycles. The van der Waals surface area contributed by atoms with Gasteiger partial charge < -0.3 is 10.2 Å². The van der Waals surface area contributed by atoms with E-state index in [1.54, 1.807) is 11.3 Å². The van der Waals surface area contributed by atoms with Gasteiger partial charge >= 0.3 is 6.03 Å². The summed E-state index contributed by atoms with van der Waals surface area (Å²) in [6.07, 6.45) is 6.38. The highest BCUT2D eigenvalue weighted by molar-refractivity contribution is 7.18. The molecule has 3 aliphatic rings. The van der Waals surface area contributed by atoms with E-state index in [9.17, 15) is 14.4 Å². The molecule has 8 heteroatoms. The molecule has 3 heterocycles. The molecule has 1 N–H and O–H groups in total. The van der Waals surface area contributed by atoms with E-state index in [0.717, 1.165) is 58.6 Å². The maximum absolute atomic E-state index is 13.3. The Hall–Kier alpha value is -2.48. The highest BCUT2D eigenvalue weighted by atomic mass is 32.1. The van der Waals surface area contributed by atoms with E-state index in [1.807, 2.05) is 36.1 Å². The number of benzene rings is 1. The van der Waals surface area contributed by atoms with Crippen LogP contribution in [0.1, 0.15) is 62.9 Å². The Bertz CT molecular complexity index is 1000. The second kappa shape index (κ2) is 7.89. The highest BCUT2D eigenvalue weighted by Crippen LogP contribution is 2.39. The van der Waals surface area contributed by atoms with Crippen LogP contribution in [0, 0.1) is 5.92 Å². The summed E-state index contributed by atoms with van der Waals surface area (Å²) in [7, 11) is 0. The summed E-state index contributed by atoms with van der Waals surface area (Å²) in [5, 5.41) is 3.88. The molecule has 3 unspecified atom stereocenters. The first-order valence-corrected chi connectivity index (χ1v) is 12.1. The SMILES string of the molecule is CC1CCCCC12NC(=O)N(CC(=O)N1CCCCC1c1nc3ccccc3s1)C2=O. The number of likely N-dealkylation sites (tertiary alicyclic amines) is 1. The fourth-order valence-corrected chi connectivity index (χ4v) is 6.50. The fourth-order valence-electron chi connectivity index (χ4n) is 5.38. The fraction of sp³-hybridized carbons (Fsp3) is 0.565. The third-order valence-electron chi connectivity index (χ3n) is 7.21. The van der Waals surface area contributed by atoms with Crippen molar-refractivity contribution < 1.29 is 14.4 Å². The summed E-state index contributed by atoms with van der Waals surface area (Å²) < 4.78 is 1.11. The lowest BCUT2D eigenvalue weighted by molar-refractivity contribution is -0.142. The normalized spacial score (nSPS) is 29.1. The molecule has 2 aromatic rings. The summed E-state index contributed by atoms with van der Waals surface area (Å²) in [4.78, 5) is 47.0. The zero-order valence-corrected chi connectivity index (χ0v) is 18.6. The molecule has 0 radical (unpaired) electrons. The van der Waals surface area contributed by atoms with Gasteiger partial charge in [-0.2, -0.15) is 0 Å². The lowest BCUT2D eigenvalue weighted by Crippen LogP contribution is -2.54. The zero-order chi connectivity index (χ0) is 21.6. The molecule has 7 nitrogen and oxygen atoms in total. The van der Waals surface area contributed by atoms with Crippen molar-refractivity contribution in [2.24, 2.45) is 5.92 Å². The molecular formula is C23H28N4O3S. The van der Waals surface area contributed by atoms with Crippen LogP contribution in [0.3, 0.4) is 0 Å². The van der Waals surface area contributed by atoms with Gasteiger partial charge in [0.05, 0.1) is 16.3 Å². The number of thiazole rings is 1. The number of nitrogens with one attached hydrogen (secondary N) is 1. The van der Waals surface area contributed by atoms with E-state index in [4.69, 9.17) is 4.98 Å². The molecule has 3 fully saturated rings. The molecule has 1 saturated carbocycles. The number of rotatable bonds is 3. The van der Waals surface area contributed by atoms with E-state index >= 15 is 0 Å². The maximum Gasteiger partial charge on any atom is 0.325 e. The number of carbonyl (C=O) groups is 3. The summed E-state index contributed by atoms with van der Waals surface area (Å²) in [5.74, 6) is -0.317. The van der Waals surface area contributed by atoms with Crippen molar-refractivity contribution in [3.8, 4) is 0 Å². The average Bonchev–Trinajstić information content (AvgIpc) is 3.31. The topological polar surface area (TPSA) is 82.6 Å². The highest BCUT2D eigenvalue weighted by Gasteiger charge is 2.55. The van der Waals surface area contributed by atoms with Gasteiger partial charge in [-0.05, 0) is 50.2 Å². The summed E-state index contributed by atoms with van der Waals surface area (Å²) >= 11 is 1.62. The van der Waals surface area contributed by atoms with Gasteiger partial charge in [0, 0.05) is 6.54 Å². The number of hydrogen-bond donors (Lipinski definition) is 1. The van der Waals surface area contributed by atoms with E-state index in [2.05, 4.69) is 5.32 Å². The predicted octanol–water partition coefficient (Wildman–Crippen LogP) is 3.85. The van der Waals surface area contributed by atoms with Gasteiger partial charge in [0.25, 0.3) is 5.91 Å². The number of hydrogen-bond acceptors (Lipinski definition) is 5. The van der Waals surface area contributed by atoms with Crippen LogP contribution >= 0.6 is 11.3 Å². The van der Waals surface area contributed by atoms with Crippen molar-refractivity contribution >= 4 is 39.4 Å². The lowest BCUT2D eigenvalue weighted by Gasteiger charge is -2.37. The first-order chi connectivity index (χ1) is 15.0. The van der Waals surface area contributed by atoms with Gasteiger partial charge in [0.1, 0.15) is 17.1 Å². The Morgan fingerprint density at radius 2 is 2.00 bits per heavy atom. The Morgan fingerprint density at radius 3 is 2.81 bits per heavy atom. The molecule has 164 valence electrons. The van der Waals surface area contributed by atoms with E-state index < -0.39 is 11.6 Å². The van der Waals surface area contributed by atoms with Crippen LogP contribution in [0.5, 0.6) is 0 Å². The van der Waals surface area contributed by atoms with Gasteiger partial charge in [-0.25, -0.2) is 9.78 Å². The van der Waals surface area contributed by atoms with Crippen LogP contribution in [0.2, 0.25) is 0 Å². The second-order valence-electron chi connectivity index (χ2n) is 9.06. The minimum Gasteiger partial charge on any atom is -0.332 e. The van der Waals surface area contributed by atoms with Crippen molar-refractivity contribution in [3.05, 3.63) is 29.3 Å². The minimum absolute atomic E-state index is 0.0864. The first-order valence-electron chi connectivity index (χ1n) is 11.3. The smallest absolute Gasteiger partial charge is 0.325 e. The number of aromatic nitrogens is 1. The van der Waals surface area contributed by atoms with E-state index in [0.29, 0.717) is 13.0 Å². The number of piperidine rings is 1. The quantitative estimate of drug-likeness (QED) is 0.735. The Kier molecular flexibility index (Phi) is 5.20. The van der Waals surface area contributed by atoms with Crippen LogP contribution in [0.25, 0.3) is 10.2 Å². The summed E-state index contributed by atoms with van der Waals surface area (Å²) in [6.45, 7) is 2.46. The molecule has 31 heavy (non-hydrogen) atoms. The van der Waals surface area contributed by atoms with Crippen LogP contribution in [0.15, 0.2) is 24.3 Å². The Labute approximate surface area is 185 Å². The van der Waals surface area contributed by atoms with Crippen molar-refractivity contribution in [1.29, 1.82) is 0 Å². The van der Waals surface area contributed by atoms with Crippen LogP contribution < -0.4 is 5.32 Å². The largest absolute Gasteiger partial charge is 0.332 e. The van der Waals surface area contributed by atoms with Crippen molar-refractivity contribution in [2.75, 3.05) is 13.1 Å². The molecular weight excluding hydrogens is 412 g/mol. The molecule has 1 aromatic heterocycles. The average molecular weight is 441 g/mol. The third kappa shape index (κ3) is 3.41. The maximum atomic E-state index is 13.3. The van der Waals surface area contributed by atoms with Gasteiger partial charge in [0.2, 0.25) is 5.91 Å². The minimum atomic E-state index is -0.829. The Balaban J connectivity index is 1.36. The zero-order valence-electron chi connectivity index (χ0n) is 17.8. The molecule has 2 saturated heterocycles. The summed E-state index contributed by atoms with van der Waals surface area (Å²) in [6, 6.07) is 7.47. The first kappa shape index (κ1) is 20.4. The standard InChI is InChI=1S/C23H28N4O3S/c1-15-8-4-6-12-23(15)21(29)27(22(30)25-23)14-19(28)26-13-7-5-10-17(26)20-24-16-9-2-3-11-18(16)31-20/h2-3,9,11,15,17H,4-8,10,12-14H2,1H3,(H,25,30). The van der Waals surface area contributed by atoms with Gasteiger partial charge in [-0.15, -0.1) is 11.3 Å². The number of urea groups is 1.